The number of rotatable bonds is 8. The zero-order chi connectivity index (χ0) is 24.4. The van der Waals surface area contributed by atoms with E-state index < -0.39 is 17.6 Å². The Balaban J connectivity index is 1.15. The molecule has 1 aliphatic heterocycles. The number of fused-ring (bicyclic) bond motifs is 3. The fourth-order valence-corrected chi connectivity index (χ4v) is 5.33. The van der Waals surface area contributed by atoms with Crippen LogP contribution in [0.2, 0.25) is 0 Å². The lowest BCUT2D eigenvalue weighted by molar-refractivity contribution is -0.140. The summed E-state index contributed by atoms with van der Waals surface area (Å²) in [5.41, 5.74) is 4.03. The summed E-state index contributed by atoms with van der Waals surface area (Å²) in [6, 6.07) is 16.1. The van der Waals surface area contributed by atoms with Gasteiger partial charge >= 0.3 is 12.1 Å². The van der Waals surface area contributed by atoms with Crippen LogP contribution in [0, 0.1) is 5.92 Å². The van der Waals surface area contributed by atoms with E-state index in [4.69, 9.17) is 14.6 Å². The van der Waals surface area contributed by atoms with Gasteiger partial charge in [0.05, 0.1) is 18.6 Å². The molecule has 184 valence electrons. The van der Waals surface area contributed by atoms with Crippen molar-refractivity contribution in [2.45, 2.75) is 49.6 Å². The van der Waals surface area contributed by atoms with Gasteiger partial charge in [0.2, 0.25) is 5.91 Å². The van der Waals surface area contributed by atoms with E-state index in [9.17, 15) is 14.4 Å². The first-order chi connectivity index (χ1) is 16.9. The van der Waals surface area contributed by atoms with Gasteiger partial charge in [-0.1, -0.05) is 48.5 Å². The Morgan fingerprint density at radius 1 is 1.03 bits per heavy atom. The van der Waals surface area contributed by atoms with Crippen LogP contribution in [0.4, 0.5) is 4.79 Å². The Labute approximate surface area is 204 Å². The fraction of sp³-hybridized carbons (Fsp3) is 0.444. The third kappa shape index (κ3) is 5.17. The number of carboxylic acids is 1. The van der Waals surface area contributed by atoms with Gasteiger partial charge in [0.25, 0.3) is 0 Å². The highest BCUT2D eigenvalue weighted by molar-refractivity contribution is 5.81. The van der Waals surface area contributed by atoms with Crippen LogP contribution in [0.1, 0.15) is 49.1 Å². The van der Waals surface area contributed by atoms with Gasteiger partial charge in [-0.05, 0) is 41.5 Å². The number of alkyl carbamates (subject to hydrolysis) is 1. The summed E-state index contributed by atoms with van der Waals surface area (Å²) in [5.74, 6) is -1.37. The summed E-state index contributed by atoms with van der Waals surface area (Å²) in [6.45, 7) is 1.03. The minimum atomic E-state index is -0.907. The molecule has 5 rings (SSSR count). The summed E-state index contributed by atoms with van der Waals surface area (Å²) in [7, 11) is 0. The topological polar surface area (TPSA) is 114 Å². The van der Waals surface area contributed by atoms with Crippen molar-refractivity contribution in [2.24, 2.45) is 5.92 Å². The number of benzene rings is 2. The lowest BCUT2D eigenvalue weighted by atomic mass is 9.92. The lowest BCUT2D eigenvalue weighted by Crippen LogP contribution is -2.48. The monoisotopic (exact) mass is 478 g/mol. The van der Waals surface area contributed by atoms with E-state index >= 15 is 0 Å². The van der Waals surface area contributed by atoms with Crippen LogP contribution in [-0.4, -0.2) is 54.5 Å². The molecule has 2 aromatic rings. The maximum absolute atomic E-state index is 12.7. The van der Waals surface area contributed by atoms with Crippen LogP contribution in [-0.2, 0) is 19.1 Å². The van der Waals surface area contributed by atoms with Gasteiger partial charge in [-0.2, -0.15) is 0 Å². The zero-order valence-corrected chi connectivity index (χ0v) is 19.5. The normalized spacial score (nSPS) is 21.9. The second-order valence-corrected chi connectivity index (χ2v) is 9.80. The summed E-state index contributed by atoms with van der Waals surface area (Å²) in [6.07, 6.45) is 1.57. The highest BCUT2D eigenvalue weighted by Gasteiger charge is 2.47. The standard InChI is InChI=1S/C27H30N2O6/c30-24(28-23-9-12-34-15-17(23)13-25(31)32)14-27(10-11-27)29-26(33)35-16-22-20-7-3-1-5-18(20)19-6-2-4-8-21(19)22/h1-8,17,22-23H,9-16H2,(H,28,30)(H,29,33)(H,31,32). The SMILES string of the molecule is O=C(O)CC1COCCC1NC(=O)CC1(NC(=O)OCC2c3ccccc3-c3ccccc32)CC1. The molecule has 2 unspecified atom stereocenters. The average Bonchev–Trinajstić information content (AvgIpc) is 3.50. The van der Waals surface area contributed by atoms with Crippen molar-refractivity contribution < 1.29 is 29.0 Å². The van der Waals surface area contributed by atoms with Crippen LogP contribution in [0.3, 0.4) is 0 Å². The predicted octanol–water partition coefficient (Wildman–Crippen LogP) is 3.44. The number of amides is 2. The Bertz CT molecular complexity index is 1080. The molecule has 0 bridgehead atoms. The van der Waals surface area contributed by atoms with Gasteiger partial charge < -0.3 is 25.2 Å². The first-order valence-corrected chi connectivity index (χ1v) is 12.2. The number of aliphatic carboxylic acids is 1. The fourth-order valence-electron chi connectivity index (χ4n) is 5.33. The molecule has 35 heavy (non-hydrogen) atoms. The van der Waals surface area contributed by atoms with Gasteiger partial charge in [-0.15, -0.1) is 0 Å². The number of nitrogens with one attached hydrogen (secondary N) is 2. The van der Waals surface area contributed by atoms with Crippen molar-refractivity contribution >= 4 is 18.0 Å². The molecule has 0 aromatic heterocycles. The lowest BCUT2D eigenvalue weighted by Gasteiger charge is -2.31. The maximum Gasteiger partial charge on any atom is 0.407 e. The molecule has 2 fully saturated rings. The third-order valence-electron chi connectivity index (χ3n) is 7.32. The van der Waals surface area contributed by atoms with Gasteiger partial charge in [0, 0.05) is 30.9 Å². The Morgan fingerprint density at radius 3 is 2.31 bits per heavy atom. The van der Waals surface area contributed by atoms with Crippen LogP contribution in [0.15, 0.2) is 48.5 Å². The molecule has 2 amide bonds. The van der Waals surface area contributed by atoms with E-state index in [1.54, 1.807) is 0 Å². The molecule has 2 aromatic carbocycles. The molecule has 8 nitrogen and oxygen atoms in total. The molecule has 2 aliphatic carbocycles. The van der Waals surface area contributed by atoms with E-state index in [1.807, 2.05) is 24.3 Å². The molecule has 8 heteroatoms. The molecule has 0 spiro atoms. The number of carbonyl (C=O) groups is 3. The van der Waals surface area contributed by atoms with Crippen molar-refractivity contribution in [3.05, 3.63) is 59.7 Å². The minimum absolute atomic E-state index is 0.0220. The largest absolute Gasteiger partial charge is 0.481 e. The zero-order valence-electron chi connectivity index (χ0n) is 19.5. The number of hydrogen-bond acceptors (Lipinski definition) is 5. The second-order valence-electron chi connectivity index (χ2n) is 9.80. The van der Waals surface area contributed by atoms with Crippen molar-refractivity contribution in [3.8, 4) is 11.1 Å². The Morgan fingerprint density at radius 2 is 1.69 bits per heavy atom. The van der Waals surface area contributed by atoms with Crippen LogP contribution in [0.25, 0.3) is 11.1 Å². The number of hydrogen-bond donors (Lipinski definition) is 3. The van der Waals surface area contributed by atoms with Gasteiger partial charge in [0.15, 0.2) is 0 Å². The van der Waals surface area contributed by atoms with E-state index in [2.05, 4.69) is 34.9 Å². The third-order valence-corrected chi connectivity index (χ3v) is 7.32. The smallest absolute Gasteiger partial charge is 0.407 e. The van der Waals surface area contributed by atoms with E-state index in [0.717, 1.165) is 11.1 Å². The highest BCUT2D eigenvalue weighted by Crippen LogP contribution is 2.44. The summed E-state index contributed by atoms with van der Waals surface area (Å²) in [4.78, 5) is 36.5. The minimum Gasteiger partial charge on any atom is -0.481 e. The number of ether oxygens (including phenoxy) is 2. The van der Waals surface area contributed by atoms with Crippen LogP contribution in [0.5, 0.6) is 0 Å². The van der Waals surface area contributed by atoms with E-state index in [0.29, 0.717) is 32.5 Å². The molecule has 0 radical (unpaired) electrons. The summed E-state index contributed by atoms with van der Waals surface area (Å²) >= 11 is 0. The molecule has 1 heterocycles. The molecule has 1 saturated carbocycles. The van der Waals surface area contributed by atoms with Crippen molar-refractivity contribution in [1.29, 1.82) is 0 Å². The Kier molecular flexibility index (Phi) is 6.47. The van der Waals surface area contributed by atoms with Gasteiger partial charge in [-0.3, -0.25) is 9.59 Å². The highest BCUT2D eigenvalue weighted by atomic mass is 16.5. The van der Waals surface area contributed by atoms with Crippen molar-refractivity contribution in [1.82, 2.24) is 10.6 Å². The van der Waals surface area contributed by atoms with Gasteiger partial charge in [0.1, 0.15) is 6.61 Å². The summed E-state index contributed by atoms with van der Waals surface area (Å²) < 4.78 is 11.0. The maximum atomic E-state index is 12.7. The number of carbonyl (C=O) groups excluding carboxylic acids is 2. The molecule has 3 aliphatic rings. The van der Waals surface area contributed by atoms with Gasteiger partial charge in [-0.25, -0.2) is 4.79 Å². The quantitative estimate of drug-likeness (QED) is 0.536. The van der Waals surface area contributed by atoms with E-state index in [1.165, 1.54) is 11.1 Å². The van der Waals surface area contributed by atoms with Crippen molar-refractivity contribution in [2.75, 3.05) is 19.8 Å². The average molecular weight is 479 g/mol. The first-order valence-electron chi connectivity index (χ1n) is 12.2. The molecule has 3 N–H and O–H groups in total. The molecule has 2 atom stereocenters. The van der Waals surface area contributed by atoms with Crippen LogP contribution < -0.4 is 10.6 Å². The van der Waals surface area contributed by atoms with E-state index in [-0.39, 0.29) is 43.2 Å². The molecular formula is C27H30N2O6. The first kappa shape index (κ1) is 23.4. The van der Waals surface area contributed by atoms with Crippen LogP contribution >= 0.6 is 0 Å². The second kappa shape index (κ2) is 9.70. The van der Waals surface area contributed by atoms with Crippen molar-refractivity contribution in [3.63, 3.8) is 0 Å². The molecule has 1 saturated heterocycles. The Hall–Kier alpha value is -3.39. The molecular weight excluding hydrogens is 448 g/mol. The number of carboxylic acid groups (broad SMARTS) is 1. The predicted molar refractivity (Wildman–Crippen MR) is 128 cm³/mol. The summed E-state index contributed by atoms with van der Waals surface area (Å²) in [5, 5.41) is 15.0.